The van der Waals surface area contributed by atoms with Crippen LogP contribution >= 0.6 is 16.1 Å². The van der Waals surface area contributed by atoms with Gasteiger partial charge in [-0.25, -0.2) is 0 Å². The summed E-state index contributed by atoms with van der Waals surface area (Å²) in [4.78, 5) is 0. The molecular weight excluding hydrogens is 763 g/mol. The minimum absolute atomic E-state index is 1.02. The molecule has 2 N–H and O–H groups in total. The summed E-state index contributed by atoms with van der Waals surface area (Å²) in [5.41, 5.74) is 19.9. The van der Waals surface area contributed by atoms with E-state index in [2.05, 4.69) is 235 Å². The number of nitrogens with one attached hydrogen (secondary N) is 2. The molecule has 0 bridgehead atoms. The van der Waals surface area contributed by atoms with E-state index in [9.17, 15) is 0 Å². The summed E-state index contributed by atoms with van der Waals surface area (Å²) in [5, 5.41) is 13.8. The van der Waals surface area contributed by atoms with Gasteiger partial charge in [0.05, 0.1) is 27.5 Å². The minimum atomic E-state index is -1.02. The Morgan fingerprint density at radius 2 is 0.550 bits per heavy atom. The number of hydrogen-bond acceptors (Lipinski definition) is 2. The van der Waals surface area contributed by atoms with E-state index in [0.717, 1.165) is 11.4 Å². The molecule has 8 aromatic carbocycles. The van der Waals surface area contributed by atoms with E-state index in [4.69, 9.17) is 0 Å². The van der Waals surface area contributed by atoms with Crippen molar-refractivity contribution in [2.45, 2.75) is 55.4 Å². The monoisotopic (exact) mass is 816 g/mol. The Morgan fingerprint density at radius 3 is 0.817 bits per heavy atom. The Balaban J connectivity index is 1.49. The van der Waals surface area contributed by atoms with Crippen molar-refractivity contribution in [2.24, 2.45) is 0 Å². The molecule has 0 saturated heterocycles. The van der Waals surface area contributed by atoms with E-state index in [1.54, 1.807) is 0 Å². The third kappa shape index (κ3) is 8.33. The molecule has 2 nitrogen and oxygen atoms in total. The van der Waals surface area contributed by atoms with Crippen molar-refractivity contribution in [1.29, 1.82) is 0 Å². The predicted octanol–water partition coefficient (Wildman–Crippen LogP) is 14.1. The quantitative estimate of drug-likeness (QED) is 0.127. The molecule has 0 radical (unpaired) electrons. The van der Waals surface area contributed by atoms with Gasteiger partial charge in [0.15, 0.2) is 0 Å². The molecule has 0 spiro atoms. The first-order chi connectivity index (χ1) is 29.1. The smallest absolute Gasteiger partial charge is 0.0540 e. The maximum Gasteiger partial charge on any atom is 0.0540 e. The van der Waals surface area contributed by atoms with Gasteiger partial charge in [-0.3, -0.25) is 0 Å². The van der Waals surface area contributed by atoms with Crippen molar-refractivity contribution >= 4 is 48.7 Å². The summed E-state index contributed by atoms with van der Waals surface area (Å²) < 4.78 is 0. The highest BCUT2D eigenvalue weighted by Crippen LogP contribution is 2.53. The lowest BCUT2D eigenvalue weighted by Gasteiger charge is -2.31. The van der Waals surface area contributed by atoms with E-state index >= 15 is 0 Å². The molecule has 0 atom stereocenters. The Kier molecular flexibility index (Phi) is 12.2. The van der Waals surface area contributed by atoms with Crippen molar-refractivity contribution in [3.8, 4) is 33.4 Å². The second-order valence-electron chi connectivity index (χ2n) is 16.1. The number of rotatable bonds is 11. The molecule has 8 aromatic rings. The Hall–Kier alpha value is -5.78. The van der Waals surface area contributed by atoms with Gasteiger partial charge in [-0.15, -0.1) is 0 Å². The molecule has 0 fully saturated rings. The lowest BCUT2D eigenvalue weighted by molar-refractivity contribution is 1.31. The highest BCUT2D eigenvalue weighted by atomic mass is 31.1. The van der Waals surface area contributed by atoms with E-state index in [-0.39, 0.29) is 0 Å². The van der Waals surface area contributed by atoms with Gasteiger partial charge >= 0.3 is 0 Å². The summed E-state index contributed by atoms with van der Waals surface area (Å²) in [6, 6.07) is 62.7. The maximum absolute atomic E-state index is 4.36. The third-order valence-corrected chi connectivity index (χ3v) is 15.6. The second-order valence-corrected chi connectivity index (χ2v) is 20.0. The first kappa shape index (κ1) is 41.0. The van der Waals surface area contributed by atoms with Gasteiger partial charge in [-0.05, 0) is 99.9 Å². The summed E-state index contributed by atoms with van der Waals surface area (Å²) in [6.45, 7) is 18.1. The maximum atomic E-state index is 4.36. The van der Waals surface area contributed by atoms with Gasteiger partial charge in [0, 0.05) is 43.5 Å². The molecule has 0 aliphatic rings. The molecule has 0 aromatic heterocycles. The van der Waals surface area contributed by atoms with E-state index in [1.165, 1.54) is 99.1 Å². The summed E-state index contributed by atoms with van der Waals surface area (Å²) in [7, 11) is -2.04. The summed E-state index contributed by atoms with van der Waals surface area (Å²) >= 11 is 0. The van der Waals surface area contributed by atoms with Crippen molar-refractivity contribution in [3.63, 3.8) is 0 Å². The predicted molar refractivity (Wildman–Crippen MR) is 266 cm³/mol. The normalized spacial score (nSPS) is 11.3. The number of anilines is 2. The fourth-order valence-corrected chi connectivity index (χ4v) is 12.9. The van der Waals surface area contributed by atoms with Crippen LogP contribution in [0.15, 0.2) is 170 Å². The van der Waals surface area contributed by atoms with Crippen LogP contribution in [0.5, 0.6) is 0 Å². The molecule has 4 heteroatoms. The average Bonchev–Trinajstić information content (AvgIpc) is 3.24. The van der Waals surface area contributed by atoms with Crippen LogP contribution in [0.25, 0.3) is 33.4 Å². The zero-order valence-electron chi connectivity index (χ0n) is 36.1. The molecule has 298 valence electrons. The van der Waals surface area contributed by atoms with E-state index in [1.807, 2.05) is 0 Å². The Bertz CT molecular complexity index is 2460. The van der Waals surface area contributed by atoms with Gasteiger partial charge in [-0.1, -0.05) is 181 Å². The van der Waals surface area contributed by atoms with Crippen LogP contribution in [-0.2, 0) is 0 Å². The van der Waals surface area contributed by atoms with Crippen LogP contribution in [0.1, 0.15) is 44.5 Å². The van der Waals surface area contributed by atoms with Crippen molar-refractivity contribution in [3.05, 3.63) is 214 Å². The third-order valence-electron chi connectivity index (χ3n) is 11.5. The number of benzene rings is 8. The molecule has 0 unspecified atom stereocenters. The first-order valence-electron chi connectivity index (χ1n) is 20.9. The molecule has 0 aliphatic carbocycles. The molecule has 0 saturated carbocycles. The van der Waals surface area contributed by atoms with Crippen molar-refractivity contribution < 1.29 is 0 Å². The zero-order chi connectivity index (χ0) is 41.9. The van der Waals surface area contributed by atoms with Gasteiger partial charge in [0.25, 0.3) is 0 Å². The SMILES string of the molecule is Cc1cc(C)c(-c2ccc(C)c(-c3c(C)ccc(-c4c(C)cc(C)cc4C)c3NP(c3ccccc3)c3ccccc3)c2NP(c2ccccc2)c2ccccc2)c(C)c1. The molecule has 0 heterocycles. The van der Waals surface area contributed by atoms with Crippen LogP contribution in [0.4, 0.5) is 11.4 Å². The molecular formula is C56H54N2P2. The largest absolute Gasteiger partial charge is 0.356 e. The fourth-order valence-electron chi connectivity index (χ4n) is 9.00. The summed E-state index contributed by atoms with van der Waals surface area (Å²) in [5.74, 6) is 0. The van der Waals surface area contributed by atoms with E-state index < -0.39 is 16.1 Å². The van der Waals surface area contributed by atoms with Crippen LogP contribution in [0.3, 0.4) is 0 Å². The van der Waals surface area contributed by atoms with Gasteiger partial charge in [0.2, 0.25) is 0 Å². The van der Waals surface area contributed by atoms with Crippen LogP contribution < -0.4 is 31.4 Å². The topological polar surface area (TPSA) is 24.1 Å². The minimum Gasteiger partial charge on any atom is -0.356 e. The van der Waals surface area contributed by atoms with Gasteiger partial charge in [0.1, 0.15) is 0 Å². The van der Waals surface area contributed by atoms with Gasteiger partial charge in [-0.2, -0.15) is 0 Å². The molecule has 60 heavy (non-hydrogen) atoms. The standard InChI is InChI=1S/C56H54N2P2/c1-37-33-41(5)51(42(6)34-37)49-31-29-39(3)53(55(49)57-59(45-21-13-9-14-22-45)46-23-15-10-16-24-46)54-40(4)30-32-50(52-43(7)35-38(2)36-44(52)8)56(54)58-60(47-25-17-11-18-26-47)48-27-19-12-20-28-48/h9-36,57-58H,1-8H3. The Morgan fingerprint density at radius 1 is 0.283 bits per heavy atom. The van der Waals surface area contributed by atoms with Crippen LogP contribution in [0, 0.1) is 55.4 Å². The number of hydrogen-bond donors (Lipinski definition) is 2. The van der Waals surface area contributed by atoms with Crippen molar-refractivity contribution in [1.82, 2.24) is 0 Å². The lowest BCUT2D eigenvalue weighted by Crippen LogP contribution is -2.19. The van der Waals surface area contributed by atoms with Gasteiger partial charge < -0.3 is 10.2 Å². The summed E-state index contributed by atoms with van der Waals surface area (Å²) in [6.07, 6.45) is 0. The van der Waals surface area contributed by atoms with Crippen LogP contribution in [0.2, 0.25) is 0 Å². The number of aryl methyl sites for hydroxylation is 8. The zero-order valence-corrected chi connectivity index (χ0v) is 37.8. The van der Waals surface area contributed by atoms with Crippen LogP contribution in [-0.4, -0.2) is 0 Å². The second kappa shape index (κ2) is 17.8. The fraction of sp³-hybridized carbons (Fsp3) is 0.143. The lowest BCUT2D eigenvalue weighted by atomic mass is 9.84. The van der Waals surface area contributed by atoms with E-state index in [0.29, 0.717) is 0 Å². The first-order valence-corrected chi connectivity index (χ1v) is 23.5. The average molecular weight is 817 g/mol. The molecule has 0 aliphatic heterocycles. The Labute approximate surface area is 360 Å². The van der Waals surface area contributed by atoms with Crippen molar-refractivity contribution in [2.75, 3.05) is 10.2 Å². The molecule has 0 amide bonds. The molecule has 8 rings (SSSR count). The highest BCUT2D eigenvalue weighted by Gasteiger charge is 2.28. The highest BCUT2D eigenvalue weighted by molar-refractivity contribution is 7.74.